The first-order valence-corrected chi connectivity index (χ1v) is 7.08. The Labute approximate surface area is 136 Å². The van der Waals surface area contributed by atoms with Gasteiger partial charge in [-0.25, -0.2) is 4.98 Å². The summed E-state index contributed by atoms with van der Waals surface area (Å²) in [5.41, 5.74) is 0.585. The van der Waals surface area contributed by atoms with Crippen LogP contribution in [0.3, 0.4) is 0 Å². The molecule has 7 heteroatoms. The van der Waals surface area contributed by atoms with E-state index in [1.807, 2.05) is 0 Å². The van der Waals surface area contributed by atoms with Crippen molar-refractivity contribution >= 4 is 23.3 Å². The van der Waals surface area contributed by atoms with Gasteiger partial charge in [0.15, 0.2) is 5.82 Å². The molecule has 114 valence electrons. The van der Waals surface area contributed by atoms with Crippen LogP contribution < -0.4 is 10.9 Å². The van der Waals surface area contributed by atoms with Crippen LogP contribution in [-0.2, 0) is 0 Å². The van der Waals surface area contributed by atoms with Crippen LogP contribution in [0, 0.1) is 0 Å². The van der Waals surface area contributed by atoms with E-state index in [9.17, 15) is 9.59 Å². The first kappa shape index (κ1) is 14.9. The van der Waals surface area contributed by atoms with Crippen LogP contribution in [-0.4, -0.2) is 20.4 Å². The fourth-order valence-corrected chi connectivity index (χ4v) is 2.11. The van der Waals surface area contributed by atoms with Gasteiger partial charge >= 0.3 is 0 Å². The summed E-state index contributed by atoms with van der Waals surface area (Å²) in [5, 5.41) is 3.08. The molecule has 1 amide bonds. The number of rotatable bonds is 3. The van der Waals surface area contributed by atoms with E-state index in [2.05, 4.69) is 15.3 Å². The van der Waals surface area contributed by atoms with Crippen molar-refractivity contribution < 1.29 is 4.79 Å². The largest absolute Gasteiger partial charge is 0.302 e. The Bertz CT molecular complexity index is 892. The maximum absolute atomic E-state index is 12.5. The average Bonchev–Trinajstić information content (AvgIpc) is 2.58. The lowest BCUT2D eigenvalue weighted by molar-refractivity contribution is 0.102. The number of halogens is 1. The van der Waals surface area contributed by atoms with Crippen molar-refractivity contribution in [3.8, 4) is 5.69 Å². The highest BCUT2D eigenvalue weighted by Gasteiger charge is 2.11. The number of nitrogens with zero attached hydrogens (tertiary/aromatic N) is 3. The minimum Gasteiger partial charge on any atom is -0.302 e. The normalized spacial score (nSPS) is 10.3. The van der Waals surface area contributed by atoms with E-state index in [0.29, 0.717) is 16.3 Å². The number of carbonyl (C=O) groups excluding carboxylic acids is 1. The van der Waals surface area contributed by atoms with Gasteiger partial charge in [-0.15, -0.1) is 0 Å². The third kappa shape index (κ3) is 3.27. The number of hydrogen-bond acceptors (Lipinski definition) is 4. The van der Waals surface area contributed by atoms with Crippen molar-refractivity contribution in [2.45, 2.75) is 0 Å². The zero-order valence-corrected chi connectivity index (χ0v) is 12.6. The molecule has 0 saturated heterocycles. The molecule has 1 N–H and O–H groups in total. The molecular weight excluding hydrogens is 316 g/mol. The van der Waals surface area contributed by atoms with E-state index >= 15 is 0 Å². The number of hydrogen-bond donors (Lipinski definition) is 1. The molecule has 23 heavy (non-hydrogen) atoms. The molecule has 3 rings (SSSR count). The molecular formula is C16H11ClN4O2. The molecule has 0 unspecified atom stereocenters. The third-order valence-corrected chi connectivity index (χ3v) is 3.37. The molecule has 1 aromatic carbocycles. The topological polar surface area (TPSA) is 76.9 Å². The van der Waals surface area contributed by atoms with Crippen molar-refractivity contribution in [2.75, 3.05) is 5.32 Å². The SMILES string of the molecule is O=C(Nc1nccn(-c2ccc(Cl)cc2)c1=O)c1ccncc1. The number of pyridine rings is 1. The smallest absolute Gasteiger partial charge is 0.298 e. The molecule has 0 radical (unpaired) electrons. The minimum atomic E-state index is -0.433. The summed E-state index contributed by atoms with van der Waals surface area (Å²) >= 11 is 5.85. The van der Waals surface area contributed by atoms with E-state index in [0.717, 1.165) is 0 Å². The summed E-state index contributed by atoms with van der Waals surface area (Å²) in [7, 11) is 0. The van der Waals surface area contributed by atoms with E-state index in [4.69, 9.17) is 11.6 Å². The van der Waals surface area contributed by atoms with Gasteiger partial charge in [0.05, 0.1) is 0 Å². The van der Waals surface area contributed by atoms with Crippen LogP contribution in [0.15, 0.2) is 66.0 Å². The van der Waals surface area contributed by atoms with Gasteiger partial charge in [0.2, 0.25) is 0 Å². The van der Waals surface area contributed by atoms with E-state index in [1.54, 1.807) is 36.4 Å². The number of benzene rings is 1. The second-order valence-corrected chi connectivity index (χ2v) is 5.05. The molecule has 0 fully saturated rings. The Kier molecular flexibility index (Phi) is 4.16. The molecule has 0 saturated carbocycles. The lowest BCUT2D eigenvalue weighted by atomic mass is 10.2. The molecule has 0 spiro atoms. The lowest BCUT2D eigenvalue weighted by Crippen LogP contribution is -2.26. The van der Waals surface area contributed by atoms with Crippen LogP contribution in [0.25, 0.3) is 5.69 Å². The van der Waals surface area contributed by atoms with E-state index < -0.39 is 11.5 Å². The first-order valence-electron chi connectivity index (χ1n) is 6.70. The van der Waals surface area contributed by atoms with Crippen LogP contribution >= 0.6 is 11.6 Å². The van der Waals surface area contributed by atoms with Crippen molar-refractivity contribution in [3.05, 3.63) is 82.1 Å². The second-order valence-electron chi connectivity index (χ2n) is 4.62. The Morgan fingerprint density at radius 3 is 2.43 bits per heavy atom. The fourth-order valence-electron chi connectivity index (χ4n) is 1.99. The van der Waals surface area contributed by atoms with Crippen molar-refractivity contribution in [1.29, 1.82) is 0 Å². The van der Waals surface area contributed by atoms with Crippen molar-refractivity contribution in [3.63, 3.8) is 0 Å². The highest BCUT2D eigenvalue weighted by molar-refractivity contribution is 6.30. The molecule has 2 aromatic heterocycles. The maximum Gasteiger partial charge on any atom is 0.298 e. The maximum atomic E-state index is 12.5. The number of anilines is 1. The molecule has 2 heterocycles. The predicted molar refractivity (Wildman–Crippen MR) is 87.0 cm³/mol. The number of amides is 1. The van der Waals surface area contributed by atoms with Crippen LogP contribution in [0.1, 0.15) is 10.4 Å². The zero-order chi connectivity index (χ0) is 16.2. The van der Waals surface area contributed by atoms with Gasteiger partial charge in [0.25, 0.3) is 11.5 Å². The van der Waals surface area contributed by atoms with Gasteiger partial charge < -0.3 is 5.32 Å². The van der Waals surface area contributed by atoms with Gasteiger partial charge in [-0.3, -0.25) is 19.1 Å². The predicted octanol–water partition coefficient (Wildman–Crippen LogP) is 2.53. The number of nitrogens with one attached hydrogen (secondary N) is 1. The summed E-state index contributed by atoms with van der Waals surface area (Å²) in [4.78, 5) is 32.4. The highest BCUT2D eigenvalue weighted by atomic mass is 35.5. The number of aromatic nitrogens is 3. The Hall–Kier alpha value is -2.99. The zero-order valence-electron chi connectivity index (χ0n) is 11.8. The average molecular weight is 327 g/mol. The summed E-state index contributed by atoms with van der Waals surface area (Å²) in [6.07, 6.45) is 5.96. The molecule has 0 atom stereocenters. The Balaban J connectivity index is 1.93. The summed E-state index contributed by atoms with van der Waals surface area (Å²) in [5.74, 6) is -0.477. The van der Waals surface area contributed by atoms with Crippen LogP contribution in [0.5, 0.6) is 0 Å². The van der Waals surface area contributed by atoms with Gasteiger partial charge in [-0.2, -0.15) is 0 Å². The molecule has 0 bridgehead atoms. The van der Waals surface area contributed by atoms with Crippen LogP contribution in [0.2, 0.25) is 5.02 Å². The van der Waals surface area contributed by atoms with Gasteiger partial charge in [-0.1, -0.05) is 11.6 Å². The molecule has 0 aliphatic rings. The van der Waals surface area contributed by atoms with E-state index in [1.165, 1.54) is 29.4 Å². The quantitative estimate of drug-likeness (QED) is 0.802. The Morgan fingerprint density at radius 1 is 1.04 bits per heavy atom. The van der Waals surface area contributed by atoms with Crippen molar-refractivity contribution in [2.24, 2.45) is 0 Å². The number of carbonyl (C=O) groups is 1. The molecule has 0 aliphatic heterocycles. The third-order valence-electron chi connectivity index (χ3n) is 3.12. The second kappa shape index (κ2) is 6.41. The summed E-state index contributed by atoms with van der Waals surface area (Å²) in [6, 6.07) is 9.88. The van der Waals surface area contributed by atoms with E-state index in [-0.39, 0.29) is 5.82 Å². The first-order chi connectivity index (χ1) is 11.1. The monoisotopic (exact) mass is 326 g/mol. The fraction of sp³-hybridized carbons (Fsp3) is 0. The lowest BCUT2D eigenvalue weighted by Gasteiger charge is -2.08. The molecule has 3 aromatic rings. The molecule has 6 nitrogen and oxygen atoms in total. The summed E-state index contributed by atoms with van der Waals surface area (Å²) < 4.78 is 1.38. The van der Waals surface area contributed by atoms with Gasteiger partial charge in [0, 0.05) is 41.1 Å². The van der Waals surface area contributed by atoms with Gasteiger partial charge in [-0.05, 0) is 36.4 Å². The highest BCUT2D eigenvalue weighted by Crippen LogP contribution is 2.12. The standard InChI is InChI=1S/C16H11ClN4O2/c17-12-1-3-13(4-2-12)21-10-9-19-14(16(21)23)20-15(22)11-5-7-18-8-6-11/h1-10H,(H,19,20,22). The van der Waals surface area contributed by atoms with Gasteiger partial charge in [0.1, 0.15) is 0 Å². The van der Waals surface area contributed by atoms with Crippen molar-refractivity contribution in [1.82, 2.24) is 14.5 Å². The minimum absolute atomic E-state index is 0.0516. The Morgan fingerprint density at radius 2 is 1.74 bits per heavy atom. The summed E-state index contributed by atoms with van der Waals surface area (Å²) in [6.45, 7) is 0. The van der Waals surface area contributed by atoms with Crippen LogP contribution in [0.4, 0.5) is 5.82 Å². The molecule has 0 aliphatic carbocycles.